The third kappa shape index (κ3) is 2.94. The highest BCUT2D eigenvalue weighted by atomic mass is 16.5. The van der Waals surface area contributed by atoms with Gasteiger partial charge in [-0.1, -0.05) is 18.2 Å². The SMILES string of the molecule is COCCCN1CCc2nn(-c3ccccc3)c(N)c2C1. The Morgan fingerprint density at radius 2 is 2.10 bits per heavy atom. The average Bonchev–Trinajstić information content (AvgIpc) is 2.85. The topological polar surface area (TPSA) is 56.3 Å². The summed E-state index contributed by atoms with van der Waals surface area (Å²) in [7, 11) is 1.75. The van der Waals surface area contributed by atoms with Gasteiger partial charge in [0.1, 0.15) is 5.82 Å². The van der Waals surface area contributed by atoms with Gasteiger partial charge in [-0.25, -0.2) is 4.68 Å². The Labute approximate surface area is 125 Å². The molecule has 2 N–H and O–H groups in total. The lowest BCUT2D eigenvalue weighted by atomic mass is 10.1. The van der Waals surface area contributed by atoms with E-state index in [0.717, 1.165) is 56.3 Å². The number of methoxy groups -OCH3 is 1. The third-order valence-corrected chi connectivity index (χ3v) is 3.98. The van der Waals surface area contributed by atoms with E-state index in [1.54, 1.807) is 7.11 Å². The standard InChI is InChI=1S/C16H22N4O/c1-21-11-5-9-19-10-8-15-14(12-19)16(17)20(18-15)13-6-3-2-4-7-13/h2-4,6-7H,5,8-12,17H2,1H3. The van der Waals surface area contributed by atoms with Crippen molar-refractivity contribution >= 4 is 5.82 Å². The maximum atomic E-state index is 6.32. The van der Waals surface area contributed by atoms with Crippen molar-refractivity contribution in [2.45, 2.75) is 19.4 Å². The minimum atomic E-state index is 0.771. The number of hydrogen-bond donors (Lipinski definition) is 1. The van der Waals surface area contributed by atoms with Gasteiger partial charge < -0.3 is 10.5 Å². The lowest BCUT2D eigenvalue weighted by Crippen LogP contribution is -2.31. The van der Waals surface area contributed by atoms with Gasteiger partial charge in [0, 0.05) is 45.3 Å². The second-order valence-electron chi connectivity index (χ2n) is 5.43. The second kappa shape index (κ2) is 6.28. The van der Waals surface area contributed by atoms with Crippen LogP contribution in [0.15, 0.2) is 30.3 Å². The molecule has 1 aromatic heterocycles. The second-order valence-corrected chi connectivity index (χ2v) is 5.43. The molecule has 1 aliphatic heterocycles. The Morgan fingerprint density at radius 1 is 1.29 bits per heavy atom. The molecule has 1 aliphatic rings. The normalized spacial score (nSPS) is 15.1. The maximum absolute atomic E-state index is 6.32. The average molecular weight is 286 g/mol. The van der Waals surface area contributed by atoms with Crippen molar-refractivity contribution < 1.29 is 4.74 Å². The summed E-state index contributed by atoms with van der Waals surface area (Å²) in [5.41, 5.74) is 9.67. The summed E-state index contributed by atoms with van der Waals surface area (Å²) in [6.07, 6.45) is 2.02. The number of ether oxygens (including phenoxy) is 1. The Balaban J connectivity index is 1.78. The third-order valence-electron chi connectivity index (χ3n) is 3.98. The van der Waals surface area contributed by atoms with Crippen LogP contribution >= 0.6 is 0 Å². The molecule has 0 radical (unpaired) electrons. The predicted molar refractivity (Wildman–Crippen MR) is 83.5 cm³/mol. The summed E-state index contributed by atoms with van der Waals surface area (Å²) < 4.78 is 6.98. The van der Waals surface area contributed by atoms with Gasteiger partial charge in [0.15, 0.2) is 0 Å². The number of anilines is 1. The Morgan fingerprint density at radius 3 is 2.86 bits per heavy atom. The van der Waals surface area contributed by atoms with Crippen LogP contribution in [-0.2, 0) is 17.7 Å². The van der Waals surface area contributed by atoms with E-state index in [4.69, 9.17) is 15.6 Å². The molecule has 1 aromatic carbocycles. The zero-order valence-corrected chi connectivity index (χ0v) is 12.5. The number of nitrogens with zero attached hydrogens (tertiary/aromatic N) is 3. The minimum Gasteiger partial charge on any atom is -0.385 e. The molecule has 21 heavy (non-hydrogen) atoms. The van der Waals surface area contributed by atoms with Gasteiger partial charge in [0.05, 0.1) is 11.4 Å². The summed E-state index contributed by atoms with van der Waals surface area (Å²) >= 11 is 0. The quantitative estimate of drug-likeness (QED) is 0.852. The van der Waals surface area contributed by atoms with Crippen LogP contribution in [0.4, 0.5) is 5.82 Å². The van der Waals surface area contributed by atoms with Gasteiger partial charge in [0.2, 0.25) is 0 Å². The van der Waals surface area contributed by atoms with E-state index in [-0.39, 0.29) is 0 Å². The first kappa shape index (κ1) is 14.1. The molecular formula is C16H22N4O. The van der Waals surface area contributed by atoms with Crippen LogP contribution < -0.4 is 5.73 Å². The number of para-hydroxylation sites is 1. The molecular weight excluding hydrogens is 264 g/mol. The largest absolute Gasteiger partial charge is 0.385 e. The summed E-state index contributed by atoms with van der Waals surface area (Å²) in [5, 5.41) is 4.69. The molecule has 0 saturated heterocycles. The number of fused-ring (bicyclic) bond motifs is 1. The number of nitrogens with two attached hydrogens (primary N) is 1. The first-order chi connectivity index (χ1) is 10.3. The maximum Gasteiger partial charge on any atom is 0.132 e. The molecule has 5 heteroatoms. The molecule has 0 fully saturated rings. The smallest absolute Gasteiger partial charge is 0.132 e. The number of benzene rings is 1. The van der Waals surface area contributed by atoms with Crippen molar-refractivity contribution in [2.24, 2.45) is 0 Å². The number of nitrogen functional groups attached to an aromatic ring is 1. The highest BCUT2D eigenvalue weighted by molar-refractivity contribution is 5.50. The molecule has 0 aliphatic carbocycles. The zero-order chi connectivity index (χ0) is 14.7. The molecule has 0 bridgehead atoms. The fourth-order valence-corrected chi connectivity index (χ4v) is 2.84. The number of rotatable bonds is 5. The Hall–Kier alpha value is -1.85. The van der Waals surface area contributed by atoms with Crippen LogP contribution in [0.3, 0.4) is 0 Å². The van der Waals surface area contributed by atoms with Gasteiger partial charge in [-0.2, -0.15) is 5.10 Å². The molecule has 2 aromatic rings. The van der Waals surface area contributed by atoms with Crippen LogP contribution in [0.1, 0.15) is 17.7 Å². The molecule has 0 amide bonds. The van der Waals surface area contributed by atoms with Crippen LogP contribution in [0.5, 0.6) is 0 Å². The summed E-state index contributed by atoms with van der Waals surface area (Å²) in [5.74, 6) is 0.771. The fourth-order valence-electron chi connectivity index (χ4n) is 2.84. The van der Waals surface area contributed by atoms with E-state index in [0.29, 0.717) is 0 Å². The lowest BCUT2D eigenvalue weighted by Gasteiger charge is -2.26. The number of aromatic nitrogens is 2. The van der Waals surface area contributed by atoms with Gasteiger partial charge >= 0.3 is 0 Å². The van der Waals surface area contributed by atoms with Crippen molar-refractivity contribution in [3.8, 4) is 5.69 Å². The fraction of sp³-hybridized carbons (Fsp3) is 0.438. The molecule has 2 heterocycles. The number of hydrogen-bond acceptors (Lipinski definition) is 4. The van der Waals surface area contributed by atoms with Crippen molar-refractivity contribution in [3.05, 3.63) is 41.6 Å². The van der Waals surface area contributed by atoms with Crippen molar-refractivity contribution in [2.75, 3.05) is 32.5 Å². The molecule has 0 unspecified atom stereocenters. The lowest BCUT2D eigenvalue weighted by molar-refractivity contribution is 0.167. The summed E-state index contributed by atoms with van der Waals surface area (Å²) in [6, 6.07) is 10.1. The molecule has 112 valence electrons. The van der Waals surface area contributed by atoms with Crippen molar-refractivity contribution in [3.63, 3.8) is 0 Å². The summed E-state index contributed by atoms with van der Waals surface area (Å²) in [6.45, 7) is 3.78. The van der Waals surface area contributed by atoms with Crippen LogP contribution in [0.2, 0.25) is 0 Å². The van der Waals surface area contributed by atoms with Crippen LogP contribution in [0, 0.1) is 0 Å². The van der Waals surface area contributed by atoms with E-state index in [1.165, 1.54) is 5.56 Å². The van der Waals surface area contributed by atoms with Gasteiger partial charge in [-0.05, 0) is 18.6 Å². The highest BCUT2D eigenvalue weighted by Gasteiger charge is 2.23. The van der Waals surface area contributed by atoms with Crippen LogP contribution in [0.25, 0.3) is 5.69 Å². The first-order valence-corrected chi connectivity index (χ1v) is 7.42. The van der Waals surface area contributed by atoms with E-state index < -0.39 is 0 Å². The van der Waals surface area contributed by atoms with Crippen LogP contribution in [-0.4, -0.2) is 41.5 Å². The van der Waals surface area contributed by atoms with E-state index in [1.807, 2.05) is 35.0 Å². The molecule has 3 rings (SSSR count). The van der Waals surface area contributed by atoms with E-state index >= 15 is 0 Å². The summed E-state index contributed by atoms with van der Waals surface area (Å²) in [4.78, 5) is 2.43. The van der Waals surface area contributed by atoms with Gasteiger partial charge in [0.25, 0.3) is 0 Å². The van der Waals surface area contributed by atoms with Gasteiger partial charge in [-0.15, -0.1) is 0 Å². The Kier molecular flexibility index (Phi) is 4.22. The highest BCUT2D eigenvalue weighted by Crippen LogP contribution is 2.26. The van der Waals surface area contributed by atoms with Crippen molar-refractivity contribution in [1.29, 1.82) is 0 Å². The predicted octanol–water partition coefficient (Wildman–Crippen LogP) is 1.85. The monoisotopic (exact) mass is 286 g/mol. The zero-order valence-electron chi connectivity index (χ0n) is 12.5. The molecule has 0 atom stereocenters. The molecule has 0 saturated carbocycles. The minimum absolute atomic E-state index is 0.771. The van der Waals surface area contributed by atoms with E-state index in [9.17, 15) is 0 Å². The molecule has 0 spiro atoms. The van der Waals surface area contributed by atoms with E-state index in [2.05, 4.69) is 4.90 Å². The molecule has 5 nitrogen and oxygen atoms in total. The Bertz CT molecular complexity index is 594. The van der Waals surface area contributed by atoms with Crippen molar-refractivity contribution in [1.82, 2.24) is 14.7 Å². The van der Waals surface area contributed by atoms with Gasteiger partial charge in [-0.3, -0.25) is 4.90 Å². The first-order valence-electron chi connectivity index (χ1n) is 7.42.